The van der Waals surface area contributed by atoms with Crippen LogP contribution in [-0.2, 0) is 0 Å². The maximum Gasteiger partial charge on any atom is 0.343 e. The van der Waals surface area contributed by atoms with E-state index < -0.39 is 5.63 Å². The largest absolute Gasteiger partial charge is 0.422 e. The van der Waals surface area contributed by atoms with Gasteiger partial charge in [0.2, 0.25) is 0 Å². The van der Waals surface area contributed by atoms with Crippen LogP contribution in [0, 0.1) is 0 Å². The van der Waals surface area contributed by atoms with Crippen LogP contribution in [0.15, 0.2) is 76.0 Å². The summed E-state index contributed by atoms with van der Waals surface area (Å²) in [6.07, 6.45) is 1.47. The summed E-state index contributed by atoms with van der Waals surface area (Å²) in [5.74, 6) is -0.134. The van der Waals surface area contributed by atoms with E-state index in [1.165, 1.54) is 6.08 Å². The highest BCUT2D eigenvalue weighted by molar-refractivity contribution is 6.08. The average molecular weight is 290 g/mol. The first kappa shape index (κ1) is 14.0. The van der Waals surface area contributed by atoms with Crippen molar-refractivity contribution >= 4 is 22.3 Å². The third kappa shape index (κ3) is 2.74. The summed E-state index contributed by atoms with van der Waals surface area (Å²) in [7, 11) is 0. The van der Waals surface area contributed by atoms with E-state index in [9.17, 15) is 9.59 Å². The van der Waals surface area contributed by atoms with Crippen LogP contribution < -0.4 is 5.63 Å². The first-order valence-corrected chi connectivity index (χ1v) is 6.96. The maximum absolute atomic E-state index is 12.2. The molecule has 3 nitrogen and oxygen atoms in total. The number of hydrogen-bond donors (Lipinski definition) is 0. The summed E-state index contributed by atoms with van der Waals surface area (Å²) in [5, 5.41) is 0.831. The van der Waals surface area contributed by atoms with Crippen LogP contribution in [0.4, 0.5) is 0 Å². The van der Waals surface area contributed by atoms with Crippen LogP contribution in [-0.4, -0.2) is 5.78 Å². The summed E-state index contributed by atoms with van der Waals surface area (Å²) in [6, 6.07) is 18.0. The monoisotopic (exact) mass is 290 g/mol. The molecule has 108 valence electrons. The number of hydrogen-bond acceptors (Lipinski definition) is 3. The van der Waals surface area contributed by atoms with E-state index in [4.69, 9.17) is 4.42 Å². The highest BCUT2D eigenvalue weighted by atomic mass is 16.4. The Kier molecular flexibility index (Phi) is 3.71. The number of ketones is 1. The second kappa shape index (κ2) is 5.82. The van der Waals surface area contributed by atoms with Crippen molar-refractivity contribution in [3.8, 4) is 0 Å². The van der Waals surface area contributed by atoms with Gasteiger partial charge in [0.1, 0.15) is 5.58 Å². The fourth-order valence-electron chi connectivity index (χ4n) is 2.30. The topological polar surface area (TPSA) is 47.3 Å². The van der Waals surface area contributed by atoms with Crippen LogP contribution >= 0.6 is 0 Å². The van der Waals surface area contributed by atoms with Gasteiger partial charge in [0.25, 0.3) is 0 Å². The zero-order chi connectivity index (χ0) is 15.5. The minimum atomic E-state index is -0.437. The number of fused-ring (bicyclic) bond motifs is 1. The summed E-state index contributed by atoms with van der Waals surface area (Å²) in [6.45, 7) is 1.74. The van der Waals surface area contributed by atoms with E-state index in [0.29, 0.717) is 22.3 Å². The van der Waals surface area contributed by atoms with Crippen molar-refractivity contribution < 1.29 is 9.21 Å². The molecule has 22 heavy (non-hydrogen) atoms. The van der Waals surface area contributed by atoms with E-state index in [-0.39, 0.29) is 5.78 Å². The molecule has 0 spiro atoms. The summed E-state index contributed by atoms with van der Waals surface area (Å²) in [4.78, 5) is 24.3. The quantitative estimate of drug-likeness (QED) is 0.415. The van der Waals surface area contributed by atoms with Crippen LogP contribution in [0.2, 0.25) is 0 Å². The number of allylic oxidation sites excluding steroid dienone is 2. The normalized spacial score (nSPS) is 11.6. The smallest absolute Gasteiger partial charge is 0.343 e. The predicted molar refractivity (Wildman–Crippen MR) is 86.9 cm³/mol. The van der Waals surface area contributed by atoms with Crippen LogP contribution in [0.25, 0.3) is 16.5 Å². The van der Waals surface area contributed by atoms with E-state index >= 15 is 0 Å². The van der Waals surface area contributed by atoms with E-state index in [1.54, 1.807) is 43.3 Å². The van der Waals surface area contributed by atoms with Gasteiger partial charge in [-0.05, 0) is 30.7 Å². The van der Waals surface area contributed by atoms with Gasteiger partial charge >= 0.3 is 5.63 Å². The predicted octanol–water partition coefficient (Wildman–Crippen LogP) is 4.08. The molecule has 0 aliphatic rings. The van der Waals surface area contributed by atoms with Gasteiger partial charge in [-0.1, -0.05) is 48.5 Å². The van der Waals surface area contributed by atoms with Crippen molar-refractivity contribution in [3.05, 3.63) is 88.3 Å². The SMILES string of the molecule is C/C(=C\C(=O)c1ccccc1)c1cc2ccccc2oc1=O. The first-order chi connectivity index (χ1) is 10.6. The number of para-hydroxylation sites is 1. The Morgan fingerprint density at radius 3 is 2.45 bits per heavy atom. The molecular weight excluding hydrogens is 276 g/mol. The standard InChI is InChI=1S/C19H14O3/c1-13(11-17(20)14-7-3-2-4-8-14)16-12-15-9-5-6-10-18(15)22-19(16)21/h2-12H,1H3/b13-11+. The molecule has 1 heterocycles. The first-order valence-electron chi connectivity index (χ1n) is 6.96. The fourth-order valence-corrected chi connectivity index (χ4v) is 2.30. The molecular formula is C19H14O3. The third-order valence-corrected chi connectivity index (χ3v) is 3.47. The molecule has 0 unspecified atom stereocenters. The second-order valence-electron chi connectivity index (χ2n) is 5.04. The molecule has 0 atom stereocenters. The lowest BCUT2D eigenvalue weighted by molar-refractivity contribution is 0.104. The van der Waals surface area contributed by atoms with E-state index in [0.717, 1.165) is 5.39 Å². The molecule has 1 aromatic heterocycles. The lowest BCUT2D eigenvalue weighted by atomic mass is 10.0. The molecule has 0 aliphatic heterocycles. The van der Waals surface area contributed by atoms with Gasteiger partial charge in [-0.2, -0.15) is 0 Å². The highest BCUT2D eigenvalue weighted by Gasteiger charge is 2.09. The molecule has 2 aromatic carbocycles. The zero-order valence-corrected chi connectivity index (χ0v) is 12.1. The molecule has 0 N–H and O–H groups in total. The number of benzene rings is 2. The maximum atomic E-state index is 12.2. The molecule has 0 bridgehead atoms. The van der Waals surface area contributed by atoms with Gasteiger partial charge in [0.15, 0.2) is 5.78 Å². The third-order valence-electron chi connectivity index (χ3n) is 3.47. The van der Waals surface area contributed by atoms with Crippen molar-refractivity contribution in [2.45, 2.75) is 6.92 Å². The number of rotatable bonds is 3. The lowest BCUT2D eigenvalue weighted by Gasteiger charge is -2.03. The van der Waals surface area contributed by atoms with Crippen molar-refractivity contribution in [3.63, 3.8) is 0 Å². The van der Waals surface area contributed by atoms with Crippen LogP contribution in [0.5, 0.6) is 0 Å². The molecule has 3 rings (SSSR count). The van der Waals surface area contributed by atoms with Gasteiger partial charge < -0.3 is 4.42 Å². The summed E-state index contributed by atoms with van der Waals surface area (Å²) >= 11 is 0. The summed E-state index contributed by atoms with van der Waals surface area (Å²) in [5.41, 5.74) is 1.69. The van der Waals surface area contributed by atoms with E-state index in [2.05, 4.69) is 0 Å². The molecule has 3 aromatic rings. The molecule has 0 saturated heterocycles. The van der Waals surface area contributed by atoms with Gasteiger partial charge in [-0.25, -0.2) is 4.79 Å². The summed E-state index contributed by atoms with van der Waals surface area (Å²) < 4.78 is 5.29. The molecule has 3 heteroatoms. The van der Waals surface area contributed by atoms with Crippen molar-refractivity contribution in [2.75, 3.05) is 0 Å². The zero-order valence-electron chi connectivity index (χ0n) is 12.1. The Hall–Kier alpha value is -2.94. The molecule has 0 aliphatic carbocycles. The number of carbonyl (C=O) groups excluding carboxylic acids is 1. The average Bonchev–Trinajstić information content (AvgIpc) is 2.54. The van der Waals surface area contributed by atoms with Crippen LogP contribution in [0.1, 0.15) is 22.8 Å². The fraction of sp³-hybridized carbons (Fsp3) is 0.0526. The molecule has 0 radical (unpaired) electrons. The Labute approximate surface area is 127 Å². The Balaban J connectivity index is 2.03. The molecule has 0 fully saturated rings. The Morgan fingerprint density at radius 2 is 1.68 bits per heavy atom. The highest BCUT2D eigenvalue weighted by Crippen LogP contribution is 2.18. The van der Waals surface area contributed by atoms with Crippen molar-refractivity contribution in [1.82, 2.24) is 0 Å². The Bertz CT molecular complexity index is 918. The number of carbonyl (C=O) groups is 1. The van der Waals surface area contributed by atoms with Gasteiger partial charge in [0.05, 0.1) is 5.56 Å². The molecule has 0 amide bonds. The van der Waals surface area contributed by atoms with E-state index in [1.807, 2.05) is 24.3 Å². The minimum Gasteiger partial charge on any atom is -0.422 e. The van der Waals surface area contributed by atoms with Gasteiger partial charge in [0, 0.05) is 10.9 Å². The minimum absolute atomic E-state index is 0.134. The van der Waals surface area contributed by atoms with Crippen LogP contribution in [0.3, 0.4) is 0 Å². The van der Waals surface area contributed by atoms with Crippen molar-refractivity contribution in [2.24, 2.45) is 0 Å². The van der Waals surface area contributed by atoms with Gasteiger partial charge in [-0.15, -0.1) is 0 Å². The second-order valence-corrected chi connectivity index (χ2v) is 5.04. The lowest BCUT2D eigenvalue weighted by Crippen LogP contribution is -2.06. The van der Waals surface area contributed by atoms with Crippen molar-refractivity contribution in [1.29, 1.82) is 0 Å². The molecule has 0 saturated carbocycles. The Morgan fingerprint density at radius 1 is 1.00 bits per heavy atom. The van der Waals surface area contributed by atoms with Gasteiger partial charge in [-0.3, -0.25) is 4.79 Å².